The molecule has 0 spiro atoms. The first-order chi connectivity index (χ1) is 11.5. The van der Waals surface area contributed by atoms with Crippen LogP contribution in [-0.2, 0) is 9.59 Å². The Morgan fingerprint density at radius 3 is 2.54 bits per heavy atom. The monoisotopic (exact) mass is 340 g/mol. The van der Waals surface area contributed by atoms with Crippen LogP contribution in [0.3, 0.4) is 0 Å². The Morgan fingerprint density at radius 1 is 1.08 bits per heavy atom. The van der Waals surface area contributed by atoms with Gasteiger partial charge < -0.3 is 10.2 Å². The third kappa shape index (κ3) is 8.81. The smallest absolute Gasteiger partial charge is 0.303 e. The minimum absolute atomic E-state index is 0.187. The van der Waals surface area contributed by atoms with Crippen LogP contribution in [0.15, 0.2) is 0 Å². The van der Waals surface area contributed by atoms with E-state index >= 15 is 0 Å². The third-order valence-corrected chi connectivity index (χ3v) is 5.41. The molecule has 0 aliphatic heterocycles. The summed E-state index contributed by atoms with van der Waals surface area (Å²) in [6.45, 7) is 2.17. The summed E-state index contributed by atoms with van der Waals surface area (Å²) in [5, 5.41) is 18.7. The highest BCUT2D eigenvalue weighted by Gasteiger charge is 2.33. The van der Waals surface area contributed by atoms with Gasteiger partial charge in [-0.05, 0) is 44.4 Å². The molecule has 0 saturated heterocycles. The Balaban J connectivity index is 2.19. The van der Waals surface area contributed by atoms with E-state index in [0.717, 1.165) is 64.2 Å². The van der Waals surface area contributed by atoms with E-state index in [0.29, 0.717) is 18.1 Å². The number of aliphatic hydroxyl groups is 1. The molecule has 1 aliphatic rings. The van der Waals surface area contributed by atoms with Gasteiger partial charge in [-0.1, -0.05) is 45.4 Å². The number of hydrogen-bond donors (Lipinski definition) is 2. The van der Waals surface area contributed by atoms with Crippen LogP contribution in [0.4, 0.5) is 0 Å². The predicted molar refractivity (Wildman–Crippen MR) is 95.9 cm³/mol. The van der Waals surface area contributed by atoms with Crippen molar-refractivity contribution < 1.29 is 19.8 Å². The lowest BCUT2D eigenvalue weighted by Crippen LogP contribution is -2.17. The fourth-order valence-electron chi connectivity index (χ4n) is 3.89. The molecular weight excluding hydrogens is 304 g/mol. The second-order valence-corrected chi connectivity index (χ2v) is 7.45. The predicted octanol–water partition coefficient (Wildman–Crippen LogP) is 4.73. The first-order valence-electron chi connectivity index (χ1n) is 9.97. The molecule has 4 nitrogen and oxygen atoms in total. The van der Waals surface area contributed by atoms with Crippen molar-refractivity contribution in [2.24, 2.45) is 11.8 Å². The molecule has 0 bridgehead atoms. The molecule has 0 radical (unpaired) electrons. The largest absolute Gasteiger partial charge is 0.481 e. The first kappa shape index (κ1) is 21.1. The Labute approximate surface area is 147 Å². The Morgan fingerprint density at radius 2 is 1.83 bits per heavy atom. The second-order valence-electron chi connectivity index (χ2n) is 7.45. The zero-order valence-electron chi connectivity index (χ0n) is 15.3. The average molecular weight is 341 g/mol. The van der Waals surface area contributed by atoms with E-state index in [2.05, 4.69) is 6.92 Å². The van der Waals surface area contributed by atoms with Gasteiger partial charge in [0.25, 0.3) is 0 Å². The molecule has 1 fully saturated rings. The molecule has 0 aromatic heterocycles. The fraction of sp³-hybridized carbons (Fsp3) is 0.900. The number of ketones is 1. The maximum absolute atomic E-state index is 12.1. The van der Waals surface area contributed by atoms with Crippen LogP contribution in [0.2, 0.25) is 0 Å². The highest BCUT2D eigenvalue weighted by Crippen LogP contribution is 2.36. The minimum atomic E-state index is -0.724. The quantitative estimate of drug-likeness (QED) is 0.448. The molecule has 1 rings (SSSR count). The summed E-state index contributed by atoms with van der Waals surface area (Å²) in [5.74, 6) is 0.328. The summed E-state index contributed by atoms with van der Waals surface area (Å²) in [7, 11) is 0. The standard InChI is InChI=1S/C20H36O4/c1-2-3-6-9-17(21)14-12-16-13-15-19(22)18(16)10-7-4-5-8-11-20(23)24/h16-18,21H,2-15H2,1H3,(H,23,24)/t16-,17?,18+/m1/s1. The third-order valence-electron chi connectivity index (χ3n) is 5.41. The molecule has 1 saturated carbocycles. The summed E-state index contributed by atoms with van der Waals surface area (Å²) in [6, 6.07) is 0. The number of aliphatic carboxylic acids is 1. The number of unbranched alkanes of at least 4 members (excludes halogenated alkanes) is 5. The van der Waals surface area contributed by atoms with E-state index < -0.39 is 5.97 Å². The van der Waals surface area contributed by atoms with Crippen molar-refractivity contribution in [3.63, 3.8) is 0 Å². The van der Waals surface area contributed by atoms with Gasteiger partial charge in [-0.15, -0.1) is 0 Å². The first-order valence-corrected chi connectivity index (χ1v) is 9.97. The maximum Gasteiger partial charge on any atom is 0.303 e. The van der Waals surface area contributed by atoms with Crippen molar-refractivity contribution in [2.45, 2.75) is 103 Å². The van der Waals surface area contributed by atoms with Gasteiger partial charge in [0.1, 0.15) is 5.78 Å². The molecule has 140 valence electrons. The van der Waals surface area contributed by atoms with E-state index in [1.54, 1.807) is 0 Å². The zero-order chi connectivity index (χ0) is 17.8. The van der Waals surface area contributed by atoms with Crippen molar-refractivity contribution in [3.8, 4) is 0 Å². The number of rotatable bonds is 14. The normalized spacial score (nSPS) is 22.0. The average Bonchev–Trinajstić information content (AvgIpc) is 2.89. The highest BCUT2D eigenvalue weighted by molar-refractivity contribution is 5.83. The van der Waals surface area contributed by atoms with Crippen LogP contribution in [0.25, 0.3) is 0 Å². The molecule has 24 heavy (non-hydrogen) atoms. The van der Waals surface area contributed by atoms with Crippen molar-refractivity contribution in [1.29, 1.82) is 0 Å². The van der Waals surface area contributed by atoms with Crippen LogP contribution < -0.4 is 0 Å². The molecular formula is C20H36O4. The number of aliphatic hydroxyl groups excluding tert-OH is 1. The highest BCUT2D eigenvalue weighted by atomic mass is 16.4. The summed E-state index contributed by atoms with van der Waals surface area (Å²) < 4.78 is 0. The Kier molecular flexibility index (Phi) is 11.0. The second kappa shape index (κ2) is 12.5. The molecule has 3 atom stereocenters. The molecule has 0 heterocycles. The number of carboxylic acids is 1. The Hall–Kier alpha value is -0.900. The lowest BCUT2D eigenvalue weighted by Gasteiger charge is -2.20. The molecule has 0 amide bonds. The molecule has 4 heteroatoms. The summed E-state index contributed by atoms with van der Waals surface area (Å²) in [6.07, 6.45) is 12.6. The zero-order valence-corrected chi connectivity index (χ0v) is 15.3. The van der Waals surface area contributed by atoms with Crippen molar-refractivity contribution in [2.75, 3.05) is 0 Å². The van der Waals surface area contributed by atoms with E-state index in [9.17, 15) is 14.7 Å². The number of carboxylic acid groups (broad SMARTS) is 1. The SMILES string of the molecule is CCCCCC(O)CC[C@@H]1CCC(=O)[C@H]1CCCCCCC(=O)O. The maximum atomic E-state index is 12.1. The lowest BCUT2D eigenvalue weighted by atomic mass is 9.86. The van der Waals surface area contributed by atoms with E-state index in [4.69, 9.17) is 5.11 Å². The summed E-state index contributed by atoms with van der Waals surface area (Å²) in [4.78, 5) is 22.6. The van der Waals surface area contributed by atoms with Gasteiger partial charge in [0.2, 0.25) is 0 Å². The van der Waals surface area contributed by atoms with Crippen molar-refractivity contribution in [3.05, 3.63) is 0 Å². The minimum Gasteiger partial charge on any atom is -0.481 e. The molecule has 1 aliphatic carbocycles. The van der Waals surface area contributed by atoms with Crippen LogP contribution in [-0.4, -0.2) is 28.1 Å². The summed E-state index contributed by atoms with van der Waals surface area (Å²) in [5.41, 5.74) is 0. The molecule has 0 aromatic rings. The summed E-state index contributed by atoms with van der Waals surface area (Å²) >= 11 is 0. The van der Waals surface area contributed by atoms with Gasteiger partial charge in [-0.2, -0.15) is 0 Å². The van der Waals surface area contributed by atoms with Gasteiger partial charge in [-0.3, -0.25) is 9.59 Å². The van der Waals surface area contributed by atoms with E-state index in [1.807, 2.05) is 0 Å². The number of hydrogen-bond acceptors (Lipinski definition) is 3. The number of carbonyl (C=O) groups is 2. The molecule has 0 aromatic carbocycles. The van der Waals surface area contributed by atoms with Crippen molar-refractivity contribution in [1.82, 2.24) is 0 Å². The topological polar surface area (TPSA) is 74.6 Å². The number of Topliss-reactive ketones (excluding diaryl/α,β-unsaturated/α-hetero) is 1. The molecule has 2 N–H and O–H groups in total. The van der Waals surface area contributed by atoms with E-state index in [1.165, 1.54) is 12.8 Å². The van der Waals surface area contributed by atoms with Crippen LogP contribution in [0, 0.1) is 11.8 Å². The van der Waals surface area contributed by atoms with Gasteiger partial charge in [0, 0.05) is 18.8 Å². The molecule has 1 unspecified atom stereocenters. The van der Waals surface area contributed by atoms with Gasteiger partial charge in [0.15, 0.2) is 0 Å². The van der Waals surface area contributed by atoms with Gasteiger partial charge >= 0.3 is 5.97 Å². The fourth-order valence-corrected chi connectivity index (χ4v) is 3.89. The van der Waals surface area contributed by atoms with Gasteiger partial charge in [0.05, 0.1) is 6.10 Å². The van der Waals surface area contributed by atoms with Crippen molar-refractivity contribution >= 4 is 11.8 Å². The van der Waals surface area contributed by atoms with Crippen LogP contribution in [0.1, 0.15) is 96.8 Å². The number of carbonyl (C=O) groups excluding carboxylic acids is 1. The Bertz CT molecular complexity index is 367. The van der Waals surface area contributed by atoms with Crippen LogP contribution in [0.5, 0.6) is 0 Å². The lowest BCUT2D eigenvalue weighted by molar-refractivity contribution is -0.137. The van der Waals surface area contributed by atoms with E-state index in [-0.39, 0.29) is 18.4 Å². The van der Waals surface area contributed by atoms with Crippen LogP contribution >= 0.6 is 0 Å². The van der Waals surface area contributed by atoms with Gasteiger partial charge in [-0.25, -0.2) is 0 Å².